The van der Waals surface area contributed by atoms with Gasteiger partial charge in [-0.1, -0.05) is 12.5 Å². The van der Waals surface area contributed by atoms with Crippen LogP contribution >= 0.6 is 0 Å². The molecule has 0 aromatic carbocycles. The molecule has 1 aliphatic carbocycles. The molecule has 1 atom stereocenters. The lowest BCUT2D eigenvalue weighted by atomic mass is 9.99. The fraction of sp³-hybridized carbons (Fsp3) is 0.636. The zero-order valence-corrected chi connectivity index (χ0v) is 8.92. The van der Waals surface area contributed by atoms with E-state index < -0.39 is 0 Å². The zero-order valence-electron chi connectivity index (χ0n) is 8.92. The standard InChI is InChI=1S/C11H16O3/c1-4-9-7(2)5-8(11(9)13)6-10(12)14-3/h8H,4-6H2,1-3H3. The van der Waals surface area contributed by atoms with Crippen molar-refractivity contribution in [2.45, 2.75) is 33.1 Å². The molecule has 14 heavy (non-hydrogen) atoms. The third kappa shape index (κ3) is 2.03. The Bertz CT molecular complexity index is 289. The monoisotopic (exact) mass is 196 g/mol. The first kappa shape index (κ1) is 11.0. The lowest BCUT2D eigenvalue weighted by Crippen LogP contribution is -2.15. The van der Waals surface area contributed by atoms with E-state index in [2.05, 4.69) is 4.74 Å². The minimum absolute atomic E-state index is 0.135. The number of hydrogen-bond acceptors (Lipinski definition) is 3. The largest absolute Gasteiger partial charge is 0.469 e. The van der Waals surface area contributed by atoms with E-state index in [1.54, 1.807) is 0 Å². The van der Waals surface area contributed by atoms with Gasteiger partial charge in [-0.2, -0.15) is 0 Å². The lowest BCUT2D eigenvalue weighted by molar-refractivity contribution is -0.143. The fourth-order valence-electron chi connectivity index (χ4n) is 1.97. The zero-order chi connectivity index (χ0) is 10.7. The van der Waals surface area contributed by atoms with Crippen LogP contribution in [0.2, 0.25) is 0 Å². The molecule has 0 radical (unpaired) electrons. The number of ketones is 1. The summed E-state index contributed by atoms with van der Waals surface area (Å²) in [6.07, 6.45) is 1.70. The average Bonchev–Trinajstić information content (AvgIpc) is 2.42. The molecule has 0 N–H and O–H groups in total. The highest BCUT2D eigenvalue weighted by Crippen LogP contribution is 2.31. The summed E-state index contributed by atoms with van der Waals surface area (Å²) in [5.41, 5.74) is 2.03. The number of rotatable bonds is 3. The van der Waals surface area contributed by atoms with Gasteiger partial charge in [0.2, 0.25) is 0 Å². The van der Waals surface area contributed by atoms with E-state index in [1.165, 1.54) is 7.11 Å². The maximum absolute atomic E-state index is 11.7. The Morgan fingerprint density at radius 2 is 2.21 bits per heavy atom. The van der Waals surface area contributed by atoms with Crippen molar-refractivity contribution in [2.75, 3.05) is 7.11 Å². The fourth-order valence-corrected chi connectivity index (χ4v) is 1.97. The van der Waals surface area contributed by atoms with Crippen molar-refractivity contribution < 1.29 is 14.3 Å². The van der Waals surface area contributed by atoms with Gasteiger partial charge in [0.05, 0.1) is 13.5 Å². The van der Waals surface area contributed by atoms with Crippen molar-refractivity contribution in [3.63, 3.8) is 0 Å². The minimum atomic E-state index is -0.298. The molecule has 3 nitrogen and oxygen atoms in total. The van der Waals surface area contributed by atoms with Gasteiger partial charge in [-0.05, 0) is 25.3 Å². The predicted molar refractivity (Wildman–Crippen MR) is 52.7 cm³/mol. The minimum Gasteiger partial charge on any atom is -0.469 e. The number of hydrogen-bond donors (Lipinski definition) is 0. The molecule has 1 aliphatic rings. The second-order valence-corrected chi connectivity index (χ2v) is 3.66. The molecule has 1 unspecified atom stereocenters. The predicted octanol–water partition coefficient (Wildman–Crippen LogP) is 1.86. The Morgan fingerprint density at radius 3 is 2.64 bits per heavy atom. The molecule has 0 saturated carbocycles. The van der Waals surface area contributed by atoms with Gasteiger partial charge in [0.25, 0.3) is 0 Å². The van der Waals surface area contributed by atoms with Crippen molar-refractivity contribution >= 4 is 11.8 Å². The van der Waals surface area contributed by atoms with Crippen molar-refractivity contribution in [1.29, 1.82) is 0 Å². The maximum atomic E-state index is 11.7. The van der Waals surface area contributed by atoms with Crippen LogP contribution in [0.25, 0.3) is 0 Å². The SMILES string of the molecule is CCC1=C(C)CC(CC(=O)OC)C1=O. The third-order valence-electron chi connectivity index (χ3n) is 2.73. The normalized spacial score (nSPS) is 21.6. The topological polar surface area (TPSA) is 43.4 Å². The van der Waals surface area contributed by atoms with Crippen LogP contribution in [0.3, 0.4) is 0 Å². The molecule has 0 saturated heterocycles. The van der Waals surface area contributed by atoms with Gasteiger partial charge in [-0.15, -0.1) is 0 Å². The summed E-state index contributed by atoms with van der Waals surface area (Å²) in [4.78, 5) is 22.8. The van der Waals surface area contributed by atoms with E-state index in [-0.39, 0.29) is 24.1 Å². The van der Waals surface area contributed by atoms with Crippen LogP contribution in [-0.4, -0.2) is 18.9 Å². The molecule has 0 aromatic rings. The molecule has 0 aliphatic heterocycles. The Labute approximate surface area is 84.1 Å². The Balaban J connectivity index is 2.64. The molecule has 0 heterocycles. The molecule has 0 fully saturated rings. The maximum Gasteiger partial charge on any atom is 0.306 e. The van der Waals surface area contributed by atoms with Gasteiger partial charge < -0.3 is 4.74 Å². The van der Waals surface area contributed by atoms with Gasteiger partial charge in [-0.3, -0.25) is 9.59 Å². The Kier molecular flexibility index (Phi) is 3.44. The van der Waals surface area contributed by atoms with Crippen LogP contribution < -0.4 is 0 Å². The molecule has 0 aromatic heterocycles. The number of ether oxygens (including phenoxy) is 1. The lowest BCUT2D eigenvalue weighted by Gasteiger charge is -2.06. The van der Waals surface area contributed by atoms with Crippen molar-refractivity contribution in [2.24, 2.45) is 5.92 Å². The van der Waals surface area contributed by atoms with Crippen LogP contribution in [0.4, 0.5) is 0 Å². The number of carbonyl (C=O) groups excluding carboxylic acids is 2. The molecular formula is C11H16O3. The van der Waals surface area contributed by atoms with Crippen LogP contribution in [0.5, 0.6) is 0 Å². The van der Waals surface area contributed by atoms with Gasteiger partial charge in [0.15, 0.2) is 5.78 Å². The first-order chi connectivity index (χ1) is 6.60. The Morgan fingerprint density at radius 1 is 1.57 bits per heavy atom. The van der Waals surface area contributed by atoms with Crippen LogP contribution in [0, 0.1) is 5.92 Å². The third-order valence-corrected chi connectivity index (χ3v) is 2.73. The number of esters is 1. The van der Waals surface area contributed by atoms with Crippen LogP contribution in [0.15, 0.2) is 11.1 Å². The quantitative estimate of drug-likeness (QED) is 0.647. The first-order valence-electron chi connectivity index (χ1n) is 4.89. The molecule has 0 bridgehead atoms. The molecule has 3 heteroatoms. The molecule has 78 valence electrons. The van der Waals surface area contributed by atoms with E-state index in [0.717, 1.165) is 24.0 Å². The summed E-state index contributed by atoms with van der Waals surface area (Å²) in [6.45, 7) is 3.94. The van der Waals surface area contributed by atoms with Crippen molar-refractivity contribution in [3.05, 3.63) is 11.1 Å². The van der Waals surface area contributed by atoms with E-state index in [9.17, 15) is 9.59 Å². The van der Waals surface area contributed by atoms with Crippen molar-refractivity contribution in [1.82, 2.24) is 0 Å². The first-order valence-corrected chi connectivity index (χ1v) is 4.89. The van der Waals surface area contributed by atoms with Gasteiger partial charge >= 0.3 is 5.97 Å². The average molecular weight is 196 g/mol. The highest BCUT2D eigenvalue weighted by Gasteiger charge is 2.31. The van der Waals surface area contributed by atoms with Gasteiger partial charge in [0.1, 0.15) is 0 Å². The number of carbonyl (C=O) groups is 2. The highest BCUT2D eigenvalue weighted by atomic mass is 16.5. The summed E-state index contributed by atoms with van der Waals surface area (Å²) in [5.74, 6) is -0.332. The smallest absolute Gasteiger partial charge is 0.306 e. The second kappa shape index (κ2) is 4.40. The number of methoxy groups -OCH3 is 1. The molecule has 0 spiro atoms. The van der Waals surface area contributed by atoms with Crippen LogP contribution in [0.1, 0.15) is 33.1 Å². The van der Waals surface area contributed by atoms with E-state index in [0.29, 0.717) is 0 Å². The van der Waals surface area contributed by atoms with E-state index in [1.807, 2.05) is 13.8 Å². The van der Waals surface area contributed by atoms with Crippen molar-refractivity contribution in [3.8, 4) is 0 Å². The summed E-state index contributed by atoms with van der Waals surface area (Å²) >= 11 is 0. The second-order valence-electron chi connectivity index (χ2n) is 3.66. The van der Waals surface area contributed by atoms with Gasteiger partial charge in [0, 0.05) is 5.92 Å². The molecular weight excluding hydrogens is 180 g/mol. The number of allylic oxidation sites excluding steroid dienone is 2. The molecule has 0 amide bonds. The summed E-state index contributed by atoms with van der Waals surface area (Å²) in [6, 6.07) is 0. The summed E-state index contributed by atoms with van der Waals surface area (Å²) in [7, 11) is 1.35. The number of Topliss-reactive ketones (excluding diaryl/α,β-unsaturated/α-hetero) is 1. The highest BCUT2D eigenvalue weighted by molar-refractivity contribution is 6.01. The molecule has 1 rings (SSSR count). The van der Waals surface area contributed by atoms with Crippen LogP contribution in [-0.2, 0) is 14.3 Å². The summed E-state index contributed by atoms with van der Waals surface area (Å²) < 4.78 is 4.55. The summed E-state index contributed by atoms with van der Waals surface area (Å²) in [5, 5.41) is 0. The van der Waals surface area contributed by atoms with E-state index in [4.69, 9.17) is 0 Å². The Hall–Kier alpha value is -1.12. The van der Waals surface area contributed by atoms with E-state index >= 15 is 0 Å². The van der Waals surface area contributed by atoms with Gasteiger partial charge in [-0.25, -0.2) is 0 Å².